The fraction of sp³-hybridized carbons (Fsp3) is 0.120. The number of para-hydroxylation sites is 1. The number of rotatable bonds is 6. The molecule has 0 fully saturated rings. The number of aryl methyl sites for hydroxylation is 1. The van der Waals surface area contributed by atoms with Gasteiger partial charge in [-0.2, -0.15) is 0 Å². The van der Waals surface area contributed by atoms with Gasteiger partial charge in [0.2, 0.25) is 0 Å². The summed E-state index contributed by atoms with van der Waals surface area (Å²) in [5, 5.41) is 4.81. The minimum Gasteiger partial charge on any atom is -0.484 e. The first-order chi connectivity index (χ1) is 15.6. The van der Waals surface area contributed by atoms with Crippen LogP contribution in [0.3, 0.4) is 0 Å². The van der Waals surface area contributed by atoms with E-state index in [0.29, 0.717) is 17.1 Å². The number of nitrogens with zero attached hydrogens (tertiary/aromatic N) is 2. The Morgan fingerprint density at radius 1 is 1.09 bits per heavy atom. The van der Waals surface area contributed by atoms with Crippen LogP contribution in [-0.4, -0.2) is 22.1 Å². The molecule has 7 heteroatoms. The standard InChI is InChI=1S/C25H20FN3O3/c1-29-12-11-27-25(29)24(16-5-4-6-17(26)13-16)28-23(30)15-31-18-9-10-22-20(14-18)19-7-2-3-8-21(19)32-22/h2-14,24H,15H2,1H3,(H,28,30)/t24-/m1/s1. The fourth-order valence-electron chi connectivity index (χ4n) is 3.78. The van der Waals surface area contributed by atoms with Gasteiger partial charge in [-0.05, 0) is 42.0 Å². The summed E-state index contributed by atoms with van der Waals surface area (Å²) in [5.74, 6) is 0.418. The predicted molar refractivity (Wildman–Crippen MR) is 119 cm³/mol. The molecule has 0 aliphatic rings. The lowest BCUT2D eigenvalue weighted by molar-refractivity contribution is -0.123. The smallest absolute Gasteiger partial charge is 0.258 e. The van der Waals surface area contributed by atoms with Gasteiger partial charge in [-0.15, -0.1) is 0 Å². The molecule has 1 amide bonds. The monoisotopic (exact) mass is 429 g/mol. The first kappa shape index (κ1) is 19.8. The highest BCUT2D eigenvalue weighted by Crippen LogP contribution is 2.31. The summed E-state index contributed by atoms with van der Waals surface area (Å²) >= 11 is 0. The number of hydrogen-bond donors (Lipinski definition) is 1. The van der Waals surface area contributed by atoms with Gasteiger partial charge in [0.1, 0.15) is 34.6 Å². The van der Waals surface area contributed by atoms with Crippen LogP contribution in [0, 0.1) is 5.82 Å². The van der Waals surface area contributed by atoms with Crippen molar-refractivity contribution in [3.8, 4) is 5.75 Å². The third-order valence-corrected chi connectivity index (χ3v) is 5.32. The largest absolute Gasteiger partial charge is 0.484 e. The lowest BCUT2D eigenvalue weighted by Gasteiger charge is -2.19. The zero-order valence-corrected chi connectivity index (χ0v) is 17.3. The van der Waals surface area contributed by atoms with E-state index in [0.717, 1.165) is 21.9 Å². The molecule has 5 rings (SSSR count). The normalized spacial score (nSPS) is 12.2. The van der Waals surface area contributed by atoms with Crippen molar-refractivity contribution in [1.82, 2.24) is 14.9 Å². The van der Waals surface area contributed by atoms with E-state index in [1.54, 1.807) is 35.2 Å². The minimum atomic E-state index is -0.609. The maximum absolute atomic E-state index is 13.8. The van der Waals surface area contributed by atoms with E-state index in [1.807, 2.05) is 43.4 Å². The first-order valence-corrected chi connectivity index (χ1v) is 10.1. The van der Waals surface area contributed by atoms with Crippen molar-refractivity contribution in [3.05, 3.63) is 96.3 Å². The molecule has 3 aromatic carbocycles. The number of halogens is 1. The average Bonchev–Trinajstić information content (AvgIpc) is 3.39. The van der Waals surface area contributed by atoms with Crippen LogP contribution in [0.15, 0.2) is 83.5 Å². The molecule has 0 saturated carbocycles. The molecule has 0 aliphatic heterocycles. The van der Waals surface area contributed by atoms with Gasteiger partial charge in [0.15, 0.2) is 6.61 Å². The van der Waals surface area contributed by atoms with Crippen molar-refractivity contribution < 1.29 is 18.3 Å². The molecule has 2 aromatic heterocycles. The second kappa shape index (κ2) is 8.19. The molecule has 0 radical (unpaired) electrons. The van der Waals surface area contributed by atoms with Crippen LogP contribution in [0.25, 0.3) is 21.9 Å². The quantitative estimate of drug-likeness (QED) is 0.423. The first-order valence-electron chi connectivity index (χ1n) is 10.1. The van der Waals surface area contributed by atoms with Gasteiger partial charge in [0.05, 0.1) is 0 Å². The molecular weight excluding hydrogens is 409 g/mol. The van der Waals surface area contributed by atoms with E-state index in [1.165, 1.54) is 12.1 Å². The average molecular weight is 429 g/mol. The number of benzene rings is 3. The number of furan rings is 1. The summed E-state index contributed by atoms with van der Waals surface area (Å²) in [5.41, 5.74) is 2.15. The number of aromatic nitrogens is 2. The molecule has 5 aromatic rings. The number of amides is 1. The van der Waals surface area contributed by atoms with Crippen LogP contribution in [0.2, 0.25) is 0 Å². The summed E-state index contributed by atoms with van der Waals surface area (Å²) < 4.78 is 27.2. The van der Waals surface area contributed by atoms with Crippen LogP contribution < -0.4 is 10.1 Å². The van der Waals surface area contributed by atoms with Crippen LogP contribution in [-0.2, 0) is 11.8 Å². The molecule has 0 aliphatic carbocycles. The zero-order valence-electron chi connectivity index (χ0n) is 17.3. The number of carbonyl (C=O) groups excluding carboxylic acids is 1. The van der Waals surface area contributed by atoms with Crippen molar-refractivity contribution >= 4 is 27.8 Å². The van der Waals surface area contributed by atoms with Crippen LogP contribution in [0.4, 0.5) is 4.39 Å². The molecule has 0 spiro atoms. The third-order valence-electron chi connectivity index (χ3n) is 5.32. The van der Waals surface area contributed by atoms with Gasteiger partial charge in [-0.1, -0.05) is 30.3 Å². The lowest BCUT2D eigenvalue weighted by atomic mass is 10.1. The van der Waals surface area contributed by atoms with Crippen LogP contribution in [0.5, 0.6) is 5.75 Å². The molecule has 0 saturated heterocycles. The molecule has 32 heavy (non-hydrogen) atoms. The van der Waals surface area contributed by atoms with Gasteiger partial charge in [-0.25, -0.2) is 9.37 Å². The van der Waals surface area contributed by atoms with Crippen LogP contribution in [0.1, 0.15) is 17.4 Å². The van der Waals surface area contributed by atoms with E-state index in [4.69, 9.17) is 9.15 Å². The topological polar surface area (TPSA) is 69.3 Å². The fourth-order valence-corrected chi connectivity index (χ4v) is 3.78. The van der Waals surface area contributed by atoms with Crippen molar-refractivity contribution in [2.45, 2.75) is 6.04 Å². The second-order valence-corrected chi connectivity index (χ2v) is 7.50. The summed E-state index contributed by atoms with van der Waals surface area (Å²) in [4.78, 5) is 17.1. The Hall–Kier alpha value is -4.13. The summed E-state index contributed by atoms with van der Waals surface area (Å²) in [7, 11) is 1.82. The zero-order chi connectivity index (χ0) is 22.1. The summed E-state index contributed by atoms with van der Waals surface area (Å²) in [6.07, 6.45) is 3.41. The summed E-state index contributed by atoms with van der Waals surface area (Å²) in [6.45, 7) is -0.197. The number of carbonyl (C=O) groups is 1. The van der Waals surface area contributed by atoms with Crippen molar-refractivity contribution in [1.29, 1.82) is 0 Å². The summed E-state index contributed by atoms with van der Waals surface area (Å²) in [6, 6.07) is 18.7. The molecular formula is C25H20FN3O3. The molecule has 6 nitrogen and oxygen atoms in total. The van der Waals surface area contributed by atoms with Crippen molar-refractivity contribution in [2.75, 3.05) is 6.61 Å². The van der Waals surface area contributed by atoms with E-state index >= 15 is 0 Å². The van der Waals surface area contributed by atoms with Gasteiger partial charge in [-0.3, -0.25) is 4.79 Å². The number of imidazole rings is 1. The maximum Gasteiger partial charge on any atom is 0.258 e. The Morgan fingerprint density at radius 2 is 1.94 bits per heavy atom. The number of nitrogens with one attached hydrogen (secondary N) is 1. The third kappa shape index (κ3) is 3.80. The molecule has 160 valence electrons. The van der Waals surface area contributed by atoms with Crippen molar-refractivity contribution in [3.63, 3.8) is 0 Å². The Balaban J connectivity index is 1.34. The number of fused-ring (bicyclic) bond motifs is 3. The Morgan fingerprint density at radius 3 is 2.75 bits per heavy atom. The highest BCUT2D eigenvalue weighted by molar-refractivity contribution is 6.05. The maximum atomic E-state index is 13.8. The molecule has 1 N–H and O–H groups in total. The van der Waals surface area contributed by atoms with E-state index < -0.39 is 6.04 Å². The molecule has 1 atom stereocenters. The highest BCUT2D eigenvalue weighted by atomic mass is 19.1. The van der Waals surface area contributed by atoms with E-state index in [9.17, 15) is 9.18 Å². The molecule has 0 unspecified atom stereocenters. The van der Waals surface area contributed by atoms with Crippen LogP contribution >= 0.6 is 0 Å². The Labute approximate surface area is 183 Å². The van der Waals surface area contributed by atoms with Gasteiger partial charge >= 0.3 is 0 Å². The van der Waals surface area contributed by atoms with Crippen molar-refractivity contribution in [2.24, 2.45) is 7.05 Å². The number of hydrogen-bond acceptors (Lipinski definition) is 4. The second-order valence-electron chi connectivity index (χ2n) is 7.50. The van der Waals surface area contributed by atoms with Gasteiger partial charge < -0.3 is 19.0 Å². The minimum absolute atomic E-state index is 0.197. The highest BCUT2D eigenvalue weighted by Gasteiger charge is 2.21. The SMILES string of the molecule is Cn1ccnc1[C@H](NC(=O)COc1ccc2oc3ccccc3c2c1)c1cccc(F)c1. The van der Waals surface area contributed by atoms with E-state index in [2.05, 4.69) is 10.3 Å². The molecule has 2 heterocycles. The molecule has 0 bridgehead atoms. The Kier molecular flexibility index (Phi) is 5.07. The predicted octanol–water partition coefficient (Wildman–Crippen LogP) is 4.74. The number of ether oxygens (including phenoxy) is 1. The van der Waals surface area contributed by atoms with E-state index in [-0.39, 0.29) is 18.3 Å². The Bertz CT molecular complexity index is 1420. The van der Waals surface area contributed by atoms with Gasteiger partial charge in [0, 0.05) is 30.2 Å². The van der Waals surface area contributed by atoms with Gasteiger partial charge in [0.25, 0.3) is 5.91 Å². The lowest BCUT2D eigenvalue weighted by Crippen LogP contribution is -2.34.